The van der Waals surface area contributed by atoms with Gasteiger partial charge in [-0.05, 0) is 180 Å². The third-order valence-electron chi connectivity index (χ3n) is 12.3. The van der Waals surface area contributed by atoms with Gasteiger partial charge in [-0.15, -0.1) is 11.3 Å². The van der Waals surface area contributed by atoms with Crippen LogP contribution in [-0.2, 0) is 32.0 Å². The van der Waals surface area contributed by atoms with Gasteiger partial charge in [0.05, 0.1) is 34.0 Å². The molecule has 66 heavy (non-hydrogen) atoms. The van der Waals surface area contributed by atoms with Crippen LogP contribution in [-0.4, -0.2) is 67.9 Å². The first-order valence-electron chi connectivity index (χ1n) is 22.6. The number of aryl methyl sites for hydroxylation is 2. The monoisotopic (exact) mass is 974 g/mol. The molecule has 0 unspecified atom stereocenters. The number of Topliss-reactive ketones (excluding diaryl/α,β-unsaturated/α-hetero) is 2. The van der Waals surface area contributed by atoms with Crippen LogP contribution in [0.5, 0.6) is 0 Å². The lowest BCUT2D eigenvalue weighted by molar-refractivity contribution is -0.120. The van der Waals surface area contributed by atoms with Gasteiger partial charge in [-0.1, -0.05) is 0 Å². The van der Waals surface area contributed by atoms with E-state index in [0.717, 1.165) is 118 Å². The fourth-order valence-corrected chi connectivity index (χ4v) is 12.6. The standard InChI is InChI=1S/C25H25N3O3S2.C25H25N3O2S3/c29-21-15-24(30)33-23(21)14-19-6-10-26-25(27-19)28-11-7-17(8-12-28)2-1-3-20-4-5-22(31-20)18-9-13-32-16-18;29-22-14-24(30)33-23(22)13-20-4-8-26-25(27-20)28-9-5-17(6-10-28)2-1-3-21-12-19(16-32-21)18-7-11-31-15-18/h4-6,9-10,13-14,16-17H,1-3,7-8,11-12,15H2;4,7-8,11-13,15-17H,1-3,5-6,9-10,14H2/b23-14-;23-13-. The second-order valence-corrected chi connectivity index (χ2v) is 21.7. The molecule has 0 spiro atoms. The van der Waals surface area contributed by atoms with Crippen LogP contribution >= 0.6 is 57.5 Å². The molecule has 0 bridgehead atoms. The van der Waals surface area contributed by atoms with E-state index < -0.39 is 0 Å². The molecule has 0 amide bonds. The number of nitrogens with zero attached hydrogens (tertiary/aromatic N) is 6. The molecule has 0 radical (unpaired) electrons. The van der Waals surface area contributed by atoms with Crippen molar-refractivity contribution in [3.8, 4) is 22.5 Å². The summed E-state index contributed by atoms with van der Waals surface area (Å²) in [6, 6.07) is 14.4. The zero-order chi connectivity index (χ0) is 45.2. The highest BCUT2D eigenvalue weighted by Gasteiger charge is 2.28. The van der Waals surface area contributed by atoms with Crippen LogP contribution in [0.2, 0.25) is 0 Å². The van der Waals surface area contributed by atoms with E-state index in [2.05, 4.69) is 87.0 Å². The lowest BCUT2D eigenvalue weighted by Gasteiger charge is -2.32. The molecule has 0 N–H and O–H groups in total. The Bertz CT molecular complexity index is 2510. The first-order valence-corrected chi connectivity index (χ1v) is 27.0. The number of anilines is 2. The number of thiophene rings is 3. The summed E-state index contributed by atoms with van der Waals surface area (Å²) in [5.41, 5.74) is 5.20. The molecule has 4 aliphatic heterocycles. The summed E-state index contributed by atoms with van der Waals surface area (Å²) in [7, 11) is 0. The molecule has 6 aromatic heterocycles. The molecule has 4 fully saturated rings. The van der Waals surface area contributed by atoms with Crippen molar-refractivity contribution in [2.75, 3.05) is 36.0 Å². The van der Waals surface area contributed by atoms with Gasteiger partial charge in [-0.25, -0.2) is 19.9 Å². The average Bonchev–Trinajstić information content (AvgIpc) is 4.20. The summed E-state index contributed by atoms with van der Waals surface area (Å²) < 4.78 is 6.00. The van der Waals surface area contributed by atoms with Crippen LogP contribution in [0.4, 0.5) is 11.9 Å². The molecule has 6 aromatic rings. The number of hydrogen-bond donors (Lipinski definition) is 0. The van der Waals surface area contributed by atoms with Crippen LogP contribution in [0.3, 0.4) is 0 Å². The zero-order valence-corrected chi connectivity index (χ0v) is 40.6. The van der Waals surface area contributed by atoms with Crippen molar-refractivity contribution < 1.29 is 23.6 Å². The van der Waals surface area contributed by atoms with Crippen molar-refractivity contribution in [1.29, 1.82) is 0 Å². The second kappa shape index (κ2) is 22.2. The van der Waals surface area contributed by atoms with Crippen LogP contribution in [0.15, 0.2) is 96.0 Å². The first-order chi connectivity index (χ1) is 32.3. The van der Waals surface area contributed by atoms with Gasteiger partial charge in [0.2, 0.25) is 22.1 Å². The van der Waals surface area contributed by atoms with Gasteiger partial charge in [0.1, 0.15) is 11.5 Å². The highest BCUT2D eigenvalue weighted by molar-refractivity contribution is 8.19. The molecule has 10 heterocycles. The largest absolute Gasteiger partial charge is 0.461 e. The van der Waals surface area contributed by atoms with Gasteiger partial charge >= 0.3 is 0 Å². The SMILES string of the molecule is O=C1CC(=O)/C(=C/c2ccnc(N3CCC(CCCc4cc(-c5ccsc5)cs4)CC3)n2)S1.O=C1CC(=O)/C(=C/c2ccnc(N3CCC(CCCc4ccc(-c5ccsc5)o4)CC3)n2)S1. The maximum atomic E-state index is 11.9. The average molecular weight is 975 g/mol. The van der Waals surface area contributed by atoms with Crippen LogP contribution in [0, 0.1) is 11.8 Å². The Morgan fingerprint density at radius 3 is 1.68 bits per heavy atom. The molecule has 10 rings (SSSR count). The van der Waals surface area contributed by atoms with Crippen LogP contribution in [0.25, 0.3) is 34.6 Å². The Morgan fingerprint density at radius 2 is 1.17 bits per heavy atom. The minimum atomic E-state index is -0.122. The van der Waals surface area contributed by atoms with Gasteiger partial charge in [0.15, 0.2) is 11.6 Å². The van der Waals surface area contributed by atoms with Crippen LogP contribution < -0.4 is 9.80 Å². The van der Waals surface area contributed by atoms with E-state index in [-0.39, 0.29) is 34.6 Å². The Kier molecular flexibility index (Phi) is 15.5. The molecule has 0 atom stereocenters. The zero-order valence-electron chi connectivity index (χ0n) is 36.5. The number of aromatic nitrogens is 4. The Balaban J connectivity index is 0.000000166. The van der Waals surface area contributed by atoms with Crippen molar-refractivity contribution in [3.05, 3.63) is 114 Å². The third kappa shape index (κ3) is 12.3. The molecule has 11 nitrogen and oxygen atoms in total. The number of rotatable bonds is 14. The van der Waals surface area contributed by atoms with Gasteiger partial charge in [-0.2, -0.15) is 22.7 Å². The molecule has 0 aromatic carbocycles. The summed E-state index contributed by atoms with van der Waals surface area (Å²) >= 11 is 7.34. The van der Waals surface area contributed by atoms with Crippen molar-refractivity contribution in [2.45, 2.75) is 77.0 Å². The summed E-state index contributed by atoms with van der Waals surface area (Å²) in [4.78, 5) is 71.7. The lowest BCUT2D eigenvalue weighted by atomic mass is 9.91. The number of hydrogen-bond acceptors (Lipinski definition) is 16. The van der Waals surface area contributed by atoms with Gasteiger partial charge in [0.25, 0.3) is 0 Å². The highest BCUT2D eigenvalue weighted by Crippen LogP contribution is 2.34. The molecule has 0 aliphatic carbocycles. The second-order valence-electron chi connectivity index (χ2n) is 17.0. The minimum Gasteiger partial charge on any atom is -0.461 e. The maximum Gasteiger partial charge on any atom is 0.225 e. The molecule has 4 aliphatic rings. The molecule has 16 heteroatoms. The molecule has 0 saturated carbocycles. The summed E-state index contributed by atoms with van der Waals surface area (Å²) in [6.07, 6.45) is 18.4. The van der Waals surface area contributed by atoms with E-state index in [4.69, 9.17) is 4.42 Å². The van der Waals surface area contributed by atoms with Gasteiger partial charge < -0.3 is 14.2 Å². The minimum absolute atomic E-state index is 0.00973. The number of thioether (sulfide) groups is 2. The topological polar surface area (TPSA) is 139 Å². The summed E-state index contributed by atoms with van der Waals surface area (Å²) in [5, 5.41) is 10.6. The third-order valence-corrected chi connectivity index (χ3v) is 16.6. The van der Waals surface area contributed by atoms with Crippen molar-refractivity contribution in [3.63, 3.8) is 0 Å². The van der Waals surface area contributed by atoms with Crippen molar-refractivity contribution >= 4 is 103 Å². The Hall–Kier alpha value is -5.00. The molecule has 340 valence electrons. The Morgan fingerprint density at radius 1 is 0.621 bits per heavy atom. The van der Waals surface area contributed by atoms with E-state index in [1.54, 1.807) is 59.4 Å². The van der Waals surface area contributed by atoms with Crippen molar-refractivity contribution in [1.82, 2.24) is 19.9 Å². The number of furan rings is 1. The molecular formula is C50H50N6O5S5. The summed E-state index contributed by atoms with van der Waals surface area (Å²) in [6.45, 7) is 3.77. The van der Waals surface area contributed by atoms with Gasteiger partial charge in [0, 0.05) is 60.8 Å². The molecule has 4 saturated heterocycles. The quantitative estimate of drug-likeness (QED) is 0.0756. The lowest BCUT2D eigenvalue weighted by Crippen LogP contribution is -2.35. The van der Waals surface area contributed by atoms with E-state index in [1.165, 1.54) is 35.3 Å². The van der Waals surface area contributed by atoms with E-state index >= 15 is 0 Å². The predicted octanol–water partition coefficient (Wildman–Crippen LogP) is 11.7. The van der Waals surface area contributed by atoms with Crippen molar-refractivity contribution in [2.24, 2.45) is 11.8 Å². The molecular weight excluding hydrogens is 925 g/mol. The van der Waals surface area contributed by atoms with E-state index in [9.17, 15) is 19.2 Å². The Labute approximate surface area is 405 Å². The van der Waals surface area contributed by atoms with E-state index in [1.807, 2.05) is 11.3 Å². The van der Waals surface area contributed by atoms with E-state index in [0.29, 0.717) is 39.0 Å². The van der Waals surface area contributed by atoms with Gasteiger partial charge in [-0.3, -0.25) is 19.2 Å². The smallest absolute Gasteiger partial charge is 0.225 e. The number of carbonyl (C=O) groups excluding carboxylic acids is 4. The predicted molar refractivity (Wildman–Crippen MR) is 270 cm³/mol. The number of piperidine rings is 2. The fourth-order valence-electron chi connectivity index (χ4n) is 8.68. The van der Waals surface area contributed by atoms with Crippen LogP contribution in [0.1, 0.15) is 86.2 Å². The number of allylic oxidation sites excluding steroid dienone is 2. The fraction of sp³-hybridized carbons (Fsp3) is 0.360. The normalized spacial score (nSPS) is 18.5. The highest BCUT2D eigenvalue weighted by atomic mass is 32.2. The summed E-state index contributed by atoms with van der Waals surface area (Å²) in [5.74, 6) is 4.65. The first kappa shape index (κ1) is 46.1. The number of ketones is 2. The number of carbonyl (C=O) groups is 4. The maximum absolute atomic E-state index is 11.9.